The van der Waals surface area contributed by atoms with Gasteiger partial charge in [-0.05, 0) is 13.1 Å². The van der Waals surface area contributed by atoms with Crippen molar-refractivity contribution in [3.8, 4) is 0 Å². The summed E-state index contributed by atoms with van der Waals surface area (Å²) in [7, 11) is 4.07. The minimum Gasteiger partial charge on any atom is -0.313 e. The van der Waals surface area contributed by atoms with Crippen molar-refractivity contribution < 1.29 is 0 Å². The lowest BCUT2D eigenvalue weighted by atomic mass is 10.3. The second kappa shape index (κ2) is 5.88. The Bertz CT molecular complexity index is 280. The molecule has 1 aromatic heterocycles. The number of hydrogen-bond acceptors (Lipinski definition) is 3. The molecule has 0 spiro atoms. The molecule has 0 aromatic carbocycles. The van der Waals surface area contributed by atoms with Crippen molar-refractivity contribution in [3.05, 3.63) is 18.0 Å². The van der Waals surface area contributed by atoms with Crippen LogP contribution in [-0.2, 0) is 13.6 Å². The molecule has 0 saturated heterocycles. The molecule has 15 heavy (non-hydrogen) atoms. The number of hydrogen-bond donors (Lipinski definition) is 1. The van der Waals surface area contributed by atoms with Crippen molar-refractivity contribution in [1.82, 2.24) is 20.0 Å². The molecular weight excluding hydrogens is 188 g/mol. The van der Waals surface area contributed by atoms with Crippen LogP contribution in [0.15, 0.2) is 12.3 Å². The molecule has 1 N–H and O–H groups in total. The highest BCUT2D eigenvalue weighted by molar-refractivity contribution is 4.98. The van der Waals surface area contributed by atoms with Gasteiger partial charge in [-0.2, -0.15) is 5.10 Å². The lowest BCUT2D eigenvalue weighted by molar-refractivity contribution is 0.315. The zero-order valence-corrected chi connectivity index (χ0v) is 10.2. The highest BCUT2D eigenvalue weighted by atomic mass is 15.3. The van der Waals surface area contributed by atoms with Gasteiger partial charge in [-0.3, -0.25) is 9.58 Å². The van der Waals surface area contributed by atoms with Gasteiger partial charge >= 0.3 is 0 Å². The Balaban J connectivity index is 2.21. The Hall–Kier alpha value is -0.870. The fraction of sp³-hybridized carbons (Fsp3) is 0.727. The van der Waals surface area contributed by atoms with Crippen molar-refractivity contribution in [2.75, 3.05) is 20.1 Å². The maximum atomic E-state index is 4.35. The molecular formula is C11H22N4. The monoisotopic (exact) mass is 210 g/mol. The summed E-state index contributed by atoms with van der Waals surface area (Å²) in [6, 6.07) is 2.63. The van der Waals surface area contributed by atoms with Gasteiger partial charge in [0.25, 0.3) is 0 Å². The molecule has 0 radical (unpaired) electrons. The van der Waals surface area contributed by atoms with Gasteiger partial charge in [-0.25, -0.2) is 0 Å². The number of nitrogens with zero attached hydrogens (tertiary/aromatic N) is 3. The Morgan fingerprint density at radius 3 is 2.80 bits per heavy atom. The number of rotatable bonds is 6. The van der Waals surface area contributed by atoms with Crippen molar-refractivity contribution >= 4 is 0 Å². The van der Waals surface area contributed by atoms with Crippen LogP contribution >= 0.6 is 0 Å². The molecule has 0 aliphatic rings. The van der Waals surface area contributed by atoms with Gasteiger partial charge in [0, 0.05) is 38.9 Å². The van der Waals surface area contributed by atoms with E-state index in [0.29, 0.717) is 6.04 Å². The summed E-state index contributed by atoms with van der Waals surface area (Å²) in [5, 5.41) is 7.75. The fourth-order valence-electron chi connectivity index (χ4n) is 1.45. The van der Waals surface area contributed by atoms with Crippen molar-refractivity contribution in [1.29, 1.82) is 0 Å². The number of likely N-dealkylation sites (N-methyl/N-ethyl adjacent to an activating group) is 1. The van der Waals surface area contributed by atoms with Gasteiger partial charge in [0.15, 0.2) is 0 Å². The van der Waals surface area contributed by atoms with Gasteiger partial charge in [0.05, 0.1) is 5.69 Å². The van der Waals surface area contributed by atoms with Crippen molar-refractivity contribution in [3.63, 3.8) is 0 Å². The van der Waals surface area contributed by atoms with E-state index in [9.17, 15) is 0 Å². The molecule has 1 aromatic rings. The predicted molar refractivity (Wildman–Crippen MR) is 62.7 cm³/mol. The van der Waals surface area contributed by atoms with Crippen LogP contribution in [0.4, 0.5) is 0 Å². The molecule has 1 rings (SSSR count). The third kappa shape index (κ3) is 4.95. The lowest BCUT2D eigenvalue weighted by Gasteiger charge is -2.16. The summed E-state index contributed by atoms with van der Waals surface area (Å²) in [4.78, 5) is 2.28. The predicted octanol–water partition coefficient (Wildman–Crippen LogP) is 0.850. The van der Waals surface area contributed by atoms with Gasteiger partial charge in [0.1, 0.15) is 0 Å². The molecule has 0 amide bonds. The molecule has 0 unspecified atom stereocenters. The van der Waals surface area contributed by atoms with E-state index in [-0.39, 0.29) is 0 Å². The standard InChI is InChI=1S/C11H22N4/c1-10(2)12-6-8-14(3)9-11-5-7-15(4)13-11/h5,7,10,12H,6,8-9H2,1-4H3. The maximum Gasteiger partial charge on any atom is 0.0764 e. The molecule has 0 bridgehead atoms. The van der Waals surface area contributed by atoms with Crippen LogP contribution in [0.25, 0.3) is 0 Å². The van der Waals surface area contributed by atoms with E-state index < -0.39 is 0 Å². The highest BCUT2D eigenvalue weighted by Crippen LogP contribution is 1.98. The van der Waals surface area contributed by atoms with E-state index in [1.165, 1.54) is 0 Å². The number of aryl methyl sites for hydroxylation is 1. The molecule has 0 saturated carbocycles. The zero-order valence-electron chi connectivity index (χ0n) is 10.2. The van der Waals surface area contributed by atoms with Crippen LogP contribution in [0, 0.1) is 0 Å². The van der Waals surface area contributed by atoms with Crippen LogP contribution in [0.2, 0.25) is 0 Å². The SMILES string of the molecule is CC(C)NCCN(C)Cc1ccn(C)n1. The third-order valence-electron chi connectivity index (χ3n) is 2.25. The van der Waals surface area contributed by atoms with Crippen molar-refractivity contribution in [2.45, 2.75) is 26.4 Å². The van der Waals surface area contributed by atoms with Gasteiger partial charge in [-0.1, -0.05) is 13.8 Å². The molecule has 0 aliphatic heterocycles. The minimum atomic E-state index is 0.563. The molecule has 1 heterocycles. The summed E-state index contributed by atoms with van der Waals surface area (Å²) in [6.07, 6.45) is 1.98. The lowest BCUT2D eigenvalue weighted by Crippen LogP contribution is -2.32. The molecule has 0 aliphatic carbocycles. The van der Waals surface area contributed by atoms with E-state index in [4.69, 9.17) is 0 Å². The van der Waals surface area contributed by atoms with Gasteiger partial charge < -0.3 is 5.32 Å². The zero-order chi connectivity index (χ0) is 11.3. The van der Waals surface area contributed by atoms with E-state index in [1.807, 2.05) is 17.9 Å². The van der Waals surface area contributed by atoms with E-state index in [0.717, 1.165) is 25.3 Å². The number of aromatic nitrogens is 2. The smallest absolute Gasteiger partial charge is 0.0764 e. The average molecular weight is 210 g/mol. The Morgan fingerprint density at radius 1 is 1.53 bits per heavy atom. The highest BCUT2D eigenvalue weighted by Gasteiger charge is 2.02. The van der Waals surface area contributed by atoms with Gasteiger partial charge in [-0.15, -0.1) is 0 Å². The number of nitrogens with one attached hydrogen (secondary N) is 1. The molecule has 0 atom stereocenters. The first kappa shape index (κ1) is 12.2. The Labute approximate surface area is 92.3 Å². The normalized spacial score (nSPS) is 11.6. The molecule has 0 fully saturated rings. The summed E-state index contributed by atoms with van der Waals surface area (Å²) < 4.78 is 1.84. The Kier molecular flexibility index (Phi) is 4.78. The molecule has 86 valence electrons. The third-order valence-corrected chi connectivity index (χ3v) is 2.25. The maximum absolute atomic E-state index is 4.35. The summed E-state index contributed by atoms with van der Waals surface area (Å²) in [6.45, 7) is 7.33. The van der Waals surface area contributed by atoms with Crippen LogP contribution in [0.3, 0.4) is 0 Å². The van der Waals surface area contributed by atoms with Crippen LogP contribution < -0.4 is 5.32 Å². The summed E-state index contributed by atoms with van der Waals surface area (Å²) in [5.74, 6) is 0. The van der Waals surface area contributed by atoms with E-state index in [2.05, 4.69) is 42.3 Å². The first-order chi connectivity index (χ1) is 7.08. The summed E-state index contributed by atoms with van der Waals surface area (Å²) in [5.41, 5.74) is 1.13. The summed E-state index contributed by atoms with van der Waals surface area (Å²) >= 11 is 0. The Morgan fingerprint density at radius 2 is 2.27 bits per heavy atom. The van der Waals surface area contributed by atoms with E-state index >= 15 is 0 Å². The topological polar surface area (TPSA) is 33.1 Å². The first-order valence-corrected chi connectivity index (χ1v) is 5.48. The quantitative estimate of drug-likeness (QED) is 0.755. The molecule has 4 nitrogen and oxygen atoms in total. The second-order valence-corrected chi connectivity index (χ2v) is 4.33. The average Bonchev–Trinajstić information content (AvgIpc) is 2.50. The first-order valence-electron chi connectivity index (χ1n) is 5.48. The van der Waals surface area contributed by atoms with Crippen LogP contribution in [-0.4, -0.2) is 40.9 Å². The van der Waals surface area contributed by atoms with Crippen molar-refractivity contribution in [2.24, 2.45) is 7.05 Å². The largest absolute Gasteiger partial charge is 0.313 e. The second-order valence-electron chi connectivity index (χ2n) is 4.33. The van der Waals surface area contributed by atoms with E-state index in [1.54, 1.807) is 0 Å². The van der Waals surface area contributed by atoms with Crippen LogP contribution in [0.5, 0.6) is 0 Å². The minimum absolute atomic E-state index is 0.563. The van der Waals surface area contributed by atoms with Crippen LogP contribution in [0.1, 0.15) is 19.5 Å². The van der Waals surface area contributed by atoms with Gasteiger partial charge in [0.2, 0.25) is 0 Å². The fourth-order valence-corrected chi connectivity index (χ4v) is 1.45. The molecule has 4 heteroatoms.